The zero-order chi connectivity index (χ0) is 14.9. The molecule has 1 saturated heterocycles. The minimum Gasteiger partial charge on any atom is -0.382 e. The van der Waals surface area contributed by atoms with Gasteiger partial charge in [-0.15, -0.1) is 0 Å². The van der Waals surface area contributed by atoms with Gasteiger partial charge in [-0.25, -0.2) is 0 Å². The Kier molecular flexibility index (Phi) is 7.20. The second-order valence-corrected chi connectivity index (χ2v) is 5.86. The number of aryl methyl sites for hydroxylation is 1. The summed E-state index contributed by atoms with van der Waals surface area (Å²) in [5.74, 6) is 0.577. The monoisotopic (exact) mass is 291 g/mol. The molecule has 0 aliphatic carbocycles. The highest BCUT2D eigenvalue weighted by Gasteiger charge is 2.25. The van der Waals surface area contributed by atoms with E-state index in [-0.39, 0.29) is 6.10 Å². The van der Waals surface area contributed by atoms with Gasteiger partial charge in [-0.05, 0) is 45.2 Å². The Balaban J connectivity index is 1.96. The van der Waals surface area contributed by atoms with Crippen LogP contribution < -0.4 is 5.32 Å². The molecule has 0 spiro atoms. The van der Waals surface area contributed by atoms with Gasteiger partial charge < -0.3 is 14.8 Å². The van der Waals surface area contributed by atoms with E-state index < -0.39 is 0 Å². The quantitative estimate of drug-likeness (QED) is 0.744. The molecule has 1 heterocycles. The molecule has 0 radical (unpaired) electrons. The fraction of sp³-hybridized carbons (Fsp3) is 0.667. The fourth-order valence-electron chi connectivity index (χ4n) is 3.00. The first-order valence-corrected chi connectivity index (χ1v) is 8.28. The van der Waals surface area contributed by atoms with E-state index in [4.69, 9.17) is 9.47 Å². The number of nitrogens with one attached hydrogen (secondary N) is 1. The summed E-state index contributed by atoms with van der Waals surface area (Å²) in [6.07, 6.45) is 3.67. The normalized spacial score (nSPS) is 20.4. The smallest absolute Gasteiger partial charge is 0.0865 e. The number of hydrogen-bond acceptors (Lipinski definition) is 3. The third kappa shape index (κ3) is 5.42. The van der Waals surface area contributed by atoms with Crippen molar-refractivity contribution in [2.75, 3.05) is 32.9 Å². The van der Waals surface area contributed by atoms with Crippen LogP contribution in [-0.4, -0.2) is 32.9 Å². The molecule has 118 valence electrons. The van der Waals surface area contributed by atoms with Crippen molar-refractivity contribution in [3.63, 3.8) is 0 Å². The molecule has 3 heteroatoms. The van der Waals surface area contributed by atoms with Gasteiger partial charge in [0.05, 0.1) is 6.10 Å². The lowest BCUT2D eigenvalue weighted by Gasteiger charge is -2.31. The van der Waals surface area contributed by atoms with E-state index in [1.807, 2.05) is 6.92 Å². The molecule has 0 bridgehead atoms. The van der Waals surface area contributed by atoms with Gasteiger partial charge in [0, 0.05) is 32.3 Å². The molecule has 1 aromatic rings. The van der Waals surface area contributed by atoms with Gasteiger partial charge in [-0.2, -0.15) is 0 Å². The maximum absolute atomic E-state index is 6.25. The molecular weight excluding hydrogens is 262 g/mol. The molecule has 1 unspecified atom stereocenters. The molecule has 1 fully saturated rings. The highest BCUT2D eigenvalue weighted by molar-refractivity contribution is 5.25. The Morgan fingerprint density at radius 2 is 2.24 bits per heavy atom. The fourth-order valence-corrected chi connectivity index (χ4v) is 3.00. The first-order chi connectivity index (χ1) is 10.3. The van der Waals surface area contributed by atoms with Crippen LogP contribution in [0.5, 0.6) is 0 Å². The Morgan fingerprint density at radius 1 is 1.33 bits per heavy atom. The Hall–Kier alpha value is -0.900. The topological polar surface area (TPSA) is 30.5 Å². The van der Waals surface area contributed by atoms with E-state index in [0.29, 0.717) is 5.92 Å². The van der Waals surface area contributed by atoms with E-state index in [9.17, 15) is 0 Å². The SMILES string of the molecule is CCOCCCO[C@@H](c1cccc(C)c1)C1CCCNC1. The number of benzene rings is 1. The predicted molar refractivity (Wildman–Crippen MR) is 86.6 cm³/mol. The van der Waals surface area contributed by atoms with Crippen molar-refractivity contribution in [1.82, 2.24) is 5.32 Å². The van der Waals surface area contributed by atoms with Crippen LogP contribution in [0.4, 0.5) is 0 Å². The number of ether oxygens (including phenoxy) is 2. The van der Waals surface area contributed by atoms with Crippen molar-refractivity contribution in [3.8, 4) is 0 Å². The van der Waals surface area contributed by atoms with E-state index >= 15 is 0 Å². The minimum absolute atomic E-state index is 0.208. The Bertz CT molecular complexity index is 402. The zero-order valence-electron chi connectivity index (χ0n) is 13.4. The average molecular weight is 291 g/mol. The lowest BCUT2D eigenvalue weighted by atomic mass is 9.89. The molecule has 0 amide bonds. The second kappa shape index (κ2) is 9.19. The highest BCUT2D eigenvalue weighted by Crippen LogP contribution is 2.31. The summed E-state index contributed by atoms with van der Waals surface area (Å²) in [6.45, 7) is 8.73. The summed E-state index contributed by atoms with van der Waals surface area (Å²) in [6, 6.07) is 8.75. The lowest BCUT2D eigenvalue weighted by molar-refractivity contribution is -0.00722. The van der Waals surface area contributed by atoms with Crippen molar-refractivity contribution in [2.45, 2.75) is 39.2 Å². The predicted octanol–water partition coefficient (Wildman–Crippen LogP) is 3.48. The molecule has 0 aromatic heterocycles. The number of piperidine rings is 1. The van der Waals surface area contributed by atoms with Crippen LogP contribution >= 0.6 is 0 Å². The van der Waals surface area contributed by atoms with Crippen molar-refractivity contribution >= 4 is 0 Å². The molecule has 1 aliphatic rings. The molecule has 0 saturated carbocycles. The Morgan fingerprint density at radius 3 is 2.95 bits per heavy atom. The van der Waals surface area contributed by atoms with E-state index in [0.717, 1.165) is 39.3 Å². The molecule has 1 aliphatic heterocycles. The number of rotatable bonds is 8. The Labute approximate surface area is 129 Å². The van der Waals surface area contributed by atoms with Crippen LogP contribution in [-0.2, 0) is 9.47 Å². The summed E-state index contributed by atoms with van der Waals surface area (Å²) in [7, 11) is 0. The van der Waals surface area contributed by atoms with Crippen LogP contribution in [0.25, 0.3) is 0 Å². The molecule has 2 rings (SSSR count). The standard InChI is InChI=1S/C18H29NO2/c1-3-20-11-6-12-21-18(17-9-5-10-19-14-17)16-8-4-7-15(2)13-16/h4,7-8,13,17-19H,3,5-6,9-12,14H2,1-2H3/t17?,18-/m0/s1. The maximum Gasteiger partial charge on any atom is 0.0865 e. The van der Waals surface area contributed by atoms with Crippen LogP contribution in [0.2, 0.25) is 0 Å². The molecular formula is C18H29NO2. The van der Waals surface area contributed by atoms with E-state index in [1.165, 1.54) is 24.0 Å². The molecule has 3 nitrogen and oxygen atoms in total. The third-order valence-corrected chi connectivity index (χ3v) is 4.07. The van der Waals surface area contributed by atoms with Gasteiger partial charge in [-0.3, -0.25) is 0 Å². The zero-order valence-corrected chi connectivity index (χ0v) is 13.4. The highest BCUT2D eigenvalue weighted by atomic mass is 16.5. The number of hydrogen-bond donors (Lipinski definition) is 1. The average Bonchev–Trinajstić information content (AvgIpc) is 2.52. The van der Waals surface area contributed by atoms with Crippen LogP contribution in [0.1, 0.15) is 43.4 Å². The molecule has 21 heavy (non-hydrogen) atoms. The summed E-state index contributed by atoms with van der Waals surface area (Å²) in [5, 5.41) is 3.51. The first kappa shape index (κ1) is 16.5. The summed E-state index contributed by atoms with van der Waals surface area (Å²) < 4.78 is 11.6. The summed E-state index contributed by atoms with van der Waals surface area (Å²) in [4.78, 5) is 0. The summed E-state index contributed by atoms with van der Waals surface area (Å²) in [5.41, 5.74) is 2.62. The van der Waals surface area contributed by atoms with Crippen LogP contribution in [0.15, 0.2) is 24.3 Å². The summed E-state index contributed by atoms with van der Waals surface area (Å²) >= 11 is 0. The van der Waals surface area contributed by atoms with Gasteiger partial charge in [0.2, 0.25) is 0 Å². The van der Waals surface area contributed by atoms with Crippen molar-refractivity contribution in [2.24, 2.45) is 5.92 Å². The van der Waals surface area contributed by atoms with Gasteiger partial charge in [-0.1, -0.05) is 29.8 Å². The maximum atomic E-state index is 6.25. The van der Waals surface area contributed by atoms with Gasteiger partial charge in [0.1, 0.15) is 0 Å². The minimum atomic E-state index is 0.208. The van der Waals surface area contributed by atoms with Gasteiger partial charge in [0.25, 0.3) is 0 Å². The third-order valence-electron chi connectivity index (χ3n) is 4.07. The van der Waals surface area contributed by atoms with Crippen LogP contribution in [0, 0.1) is 12.8 Å². The molecule has 1 N–H and O–H groups in total. The van der Waals surface area contributed by atoms with Crippen LogP contribution in [0.3, 0.4) is 0 Å². The van der Waals surface area contributed by atoms with Gasteiger partial charge in [0.15, 0.2) is 0 Å². The van der Waals surface area contributed by atoms with Crippen molar-refractivity contribution in [3.05, 3.63) is 35.4 Å². The second-order valence-electron chi connectivity index (χ2n) is 5.86. The van der Waals surface area contributed by atoms with E-state index in [1.54, 1.807) is 0 Å². The van der Waals surface area contributed by atoms with E-state index in [2.05, 4.69) is 36.5 Å². The largest absolute Gasteiger partial charge is 0.382 e. The van der Waals surface area contributed by atoms with Crippen molar-refractivity contribution < 1.29 is 9.47 Å². The molecule has 2 atom stereocenters. The van der Waals surface area contributed by atoms with Crippen molar-refractivity contribution in [1.29, 1.82) is 0 Å². The van der Waals surface area contributed by atoms with Gasteiger partial charge >= 0.3 is 0 Å². The lowest BCUT2D eigenvalue weighted by Crippen LogP contribution is -2.34. The first-order valence-electron chi connectivity index (χ1n) is 8.28. The molecule has 1 aromatic carbocycles.